The topological polar surface area (TPSA) is 58.6 Å². The van der Waals surface area contributed by atoms with Gasteiger partial charge in [-0.05, 0) is 61.2 Å². The summed E-state index contributed by atoms with van der Waals surface area (Å²) in [5.74, 6) is -0.0262. The number of halogens is 3. The molecule has 38 heavy (non-hydrogen) atoms. The number of hydrogen-bond donors (Lipinski definition) is 1. The smallest absolute Gasteiger partial charge is 0.261 e. The van der Waals surface area contributed by atoms with Gasteiger partial charge < -0.3 is 15.0 Å². The van der Waals surface area contributed by atoms with Crippen LogP contribution in [0.3, 0.4) is 0 Å². The standard InChI is InChI=1S/C30H31Cl3N2O3/c1-20-16-23(14-15-25(20)31)38-19-29(36)35(18-24-26(32)12-7-13-27(24)33)28(17-21-8-3-2-4-9-21)30(37)34-22-10-5-6-11-22/h2-4,7-9,12-16,22,28H,5-6,10-11,17-19H2,1H3,(H,34,37)/t28-/m1/s1. The van der Waals surface area contributed by atoms with E-state index in [2.05, 4.69) is 5.32 Å². The maximum absolute atomic E-state index is 13.8. The van der Waals surface area contributed by atoms with Gasteiger partial charge in [-0.3, -0.25) is 9.59 Å². The molecule has 0 bridgehead atoms. The summed E-state index contributed by atoms with van der Waals surface area (Å²) in [6.45, 7) is 1.67. The van der Waals surface area contributed by atoms with Crippen LogP contribution in [-0.2, 0) is 22.6 Å². The minimum atomic E-state index is -0.784. The zero-order valence-electron chi connectivity index (χ0n) is 21.3. The van der Waals surface area contributed by atoms with E-state index in [4.69, 9.17) is 39.5 Å². The lowest BCUT2D eigenvalue weighted by molar-refractivity contribution is -0.143. The van der Waals surface area contributed by atoms with Gasteiger partial charge in [0.25, 0.3) is 5.91 Å². The number of aryl methyl sites for hydroxylation is 1. The average Bonchev–Trinajstić information content (AvgIpc) is 3.41. The van der Waals surface area contributed by atoms with Gasteiger partial charge in [-0.15, -0.1) is 0 Å². The molecule has 4 rings (SSSR count). The summed E-state index contributed by atoms with van der Waals surface area (Å²) >= 11 is 19.1. The number of benzene rings is 3. The number of hydrogen-bond acceptors (Lipinski definition) is 3. The molecule has 0 heterocycles. The minimum Gasteiger partial charge on any atom is -0.484 e. The number of carbonyl (C=O) groups is 2. The van der Waals surface area contributed by atoms with Crippen molar-refractivity contribution in [1.82, 2.24) is 10.2 Å². The third-order valence-electron chi connectivity index (χ3n) is 6.85. The molecule has 0 aromatic heterocycles. The fraction of sp³-hybridized carbons (Fsp3) is 0.333. The number of rotatable bonds is 10. The Morgan fingerprint density at radius 2 is 1.63 bits per heavy atom. The Bertz CT molecular complexity index is 1240. The summed E-state index contributed by atoms with van der Waals surface area (Å²) in [4.78, 5) is 29.1. The summed E-state index contributed by atoms with van der Waals surface area (Å²) < 4.78 is 5.85. The zero-order chi connectivity index (χ0) is 27.1. The summed E-state index contributed by atoms with van der Waals surface area (Å²) in [6, 6.07) is 19.4. The molecule has 0 radical (unpaired) electrons. The molecule has 0 aliphatic heterocycles. The van der Waals surface area contributed by atoms with Gasteiger partial charge in [0.1, 0.15) is 11.8 Å². The van der Waals surface area contributed by atoms with Crippen molar-refractivity contribution < 1.29 is 14.3 Å². The lowest BCUT2D eigenvalue weighted by Gasteiger charge is -2.32. The van der Waals surface area contributed by atoms with Gasteiger partial charge in [-0.25, -0.2) is 0 Å². The highest BCUT2D eigenvalue weighted by atomic mass is 35.5. The highest BCUT2D eigenvalue weighted by molar-refractivity contribution is 6.36. The molecule has 2 amide bonds. The Kier molecular flexibility index (Phi) is 9.95. The van der Waals surface area contributed by atoms with E-state index in [9.17, 15) is 9.59 Å². The van der Waals surface area contributed by atoms with E-state index in [-0.39, 0.29) is 31.0 Å². The summed E-state index contributed by atoms with van der Waals surface area (Å²) in [6.07, 6.45) is 4.38. The first kappa shape index (κ1) is 28.3. The summed E-state index contributed by atoms with van der Waals surface area (Å²) in [7, 11) is 0. The van der Waals surface area contributed by atoms with Gasteiger partial charge in [0.2, 0.25) is 5.91 Å². The van der Waals surface area contributed by atoms with Crippen LogP contribution in [0.25, 0.3) is 0 Å². The van der Waals surface area contributed by atoms with Gasteiger partial charge in [-0.1, -0.05) is 84.0 Å². The number of carbonyl (C=O) groups excluding carboxylic acids is 2. The molecule has 1 N–H and O–H groups in total. The molecule has 0 unspecified atom stereocenters. The van der Waals surface area contributed by atoms with Crippen molar-refractivity contribution >= 4 is 46.6 Å². The first-order valence-electron chi connectivity index (χ1n) is 12.8. The zero-order valence-corrected chi connectivity index (χ0v) is 23.5. The minimum absolute atomic E-state index is 0.0654. The Morgan fingerprint density at radius 3 is 2.29 bits per heavy atom. The molecule has 8 heteroatoms. The van der Waals surface area contributed by atoms with Crippen LogP contribution >= 0.6 is 34.8 Å². The molecule has 1 aliphatic carbocycles. The molecule has 200 valence electrons. The predicted octanol–water partition coefficient (Wildman–Crippen LogP) is 7.03. The molecular weight excluding hydrogens is 543 g/mol. The molecule has 1 atom stereocenters. The normalized spacial score (nSPS) is 14.2. The molecule has 3 aromatic rings. The monoisotopic (exact) mass is 572 g/mol. The molecule has 1 saturated carbocycles. The predicted molar refractivity (Wildman–Crippen MR) is 153 cm³/mol. The fourth-order valence-corrected chi connectivity index (χ4v) is 5.34. The first-order valence-corrected chi connectivity index (χ1v) is 13.9. The highest BCUT2D eigenvalue weighted by Gasteiger charge is 2.33. The maximum atomic E-state index is 13.8. The molecule has 5 nitrogen and oxygen atoms in total. The lowest BCUT2D eigenvalue weighted by Crippen LogP contribution is -2.53. The fourth-order valence-electron chi connectivity index (χ4n) is 4.71. The Morgan fingerprint density at radius 1 is 0.947 bits per heavy atom. The lowest BCUT2D eigenvalue weighted by atomic mass is 10.0. The summed E-state index contributed by atoms with van der Waals surface area (Å²) in [5.41, 5.74) is 2.36. The van der Waals surface area contributed by atoms with Crippen molar-refractivity contribution in [2.24, 2.45) is 0 Å². The quantitative estimate of drug-likeness (QED) is 0.283. The van der Waals surface area contributed by atoms with Crippen LogP contribution in [0.15, 0.2) is 66.7 Å². The second kappa shape index (κ2) is 13.4. The van der Waals surface area contributed by atoms with Crippen LogP contribution in [0.5, 0.6) is 5.75 Å². The van der Waals surface area contributed by atoms with Crippen LogP contribution < -0.4 is 10.1 Å². The largest absolute Gasteiger partial charge is 0.484 e. The third-order valence-corrected chi connectivity index (χ3v) is 7.99. The van der Waals surface area contributed by atoms with Crippen LogP contribution in [0.1, 0.15) is 42.4 Å². The van der Waals surface area contributed by atoms with Crippen LogP contribution in [-0.4, -0.2) is 35.4 Å². The van der Waals surface area contributed by atoms with Crippen LogP contribution in [0.4, 0.5) is 0 Å². The maximum Gasteiger partial charge on any atom is 0.261 e. The molecule has 1 fully saturated rings. The molecule has 3 aromatic carbocycles. The Labute approximate surface area is 239 Å². The van der Waals surface area contributed by atoms with E-state index in [1.165, 1.54) is 4.90 Å². The Hall–Kier alpha value is -2.73. The second-order valence-electron chi connectivity index (χ2n) is 9.62. The number of ether oxygens (including phenoxy) is 1. The highest BCUT2D eigenvalue weighted by Crippen LogP contribution is 2.28. The third kappa shape index (κ3) is 7.43. The first-order chi connectivity index (χ1) is 18.3. The van der Waals surface area contributed by atoms with E-state index in [0.29, 0.717) is 32.8 Å². The SMILES string of the molecule is Cc1cc(OCC(=O)N(Cc2c(Cl)cccc2Cl)[C@H](Cc2ccccc2)C(=O)NC2CCCC2)ccc1Cl. The molecule has 0 saturated heterocycles. The van der Waals surface area contributed by atoms with E-state index in [0.717, 1.165) is 36.8 Å². The van der Waals surface area contributed by atoms with Crippen molar-refractivity contribution in [1.29, 1.82) is 0 Å². The van der Waals surface area contributed by atoms with Gasteiger partial charge in [0.05, 0.1) is 0 Å². The molecule has 0 spiro atoms. The number of amides is 2. The van der Waals surface area contributed by atoms with Gasteiger partial charge in [-0.2, -0.15) is 0 Å². The Balaban J connectivity index is 1.65. The number of nitrogens with zero attached hydrogens (tertiary/aromatic N) is 1. The molecule has 1 aliphatic rings. The molecular formula is C30H31Cl3N2O3. The van der Waals surface area contributed by atoms with Gasteiger partial charge >= 0.3 is 0 Å². The second-order valence-corrected chi connectivity index (χ2v) is 10.8. The van der Waals surface area contributed by atoms with Crippen LogP contribution in [0.2, 0.25) is 15.1 Å². The van der Waals surface area contributed by atoms with Gasteiger partial charge in [0.15, 0.2) is 6.61 Å². The van der Waals surface area contributed by atoms with E-state index in [1.54, 1.807) is 36.4 Å². The van der Waals surface area contributed by atoms with Crippen molar-refractivity contribution in [2.45, 2.75) is 57.7 Å². The van der Waals surface area contributed by atoms with E-state index in [1.807, 2.05) is 37.3 Å². The average molecular weight is 574 g/mol. The number of nitrogens with one attached hydrogen (secondary N) is 1. The van der Waals surface area contributed by atoms with Crippen LogP contribution in [0, 0.1) is 6.92 Å². The van der Waals surface area contributed by atoms with E-state index < -0.39 is 6.04 Å². The van der Waals surface area contributed by atoms with Gasteiger partial charge in [0, 0.05) is 39.6 Å². The van der Waals surface area contributed by atoms with Crippen molar-refractivity contribution in [3.8, 4) is 5.75 Å². The van der Waals surface area contributed by atoms with Crippen molar-refractivity contribution in [3.63, 3.8) is 0 Å². The summed E-state index contributed by atoms with van der Waals surface area (Å²) in [5, 5.41) is 4.66. The van der Waals surface area contributed by atoms with Crippen molar-refractivity contribution in [2.75, 3.05) is 6.61 Å². The van der Waals surface area contributed by atoms with E-state index >= 15 is 0 Å². The van der Waals surface area contributed by atoms with Crippen molar-refractivity contribution in [3.05, 3.63) is 98.5 Å².